The van der Waals surface area contributed by atoms with Gasteiger partial charge >= 0.3 is 5.97 Å². The quantitative estimate of drug-likeness (QED) is 0.215. The van der Waals surface area contributed by atoms with Gasteiger partial charge in [-0.2, -0.15) is 12.6 Å². The first-order valence-electron chi connectivity index (χ1n) is 6.75. The average Bonchev–Trinajstić information content (AvgIpc) is 2.50. The van der Waals surface area contributed by atoms with Crippen LogP contribution in [0.2, 0.25) is 0 Å². The van der Waals surface area contributed by atoms with Crippen molar-refractivity contribution >= 4 is 36.3 Å². The minimum absolute atomic E-state index is 0.0687. The molecule has 0 radical (unpaired) electrons. The summed E-state index contributed by atoms with van der Waals surface area (Å²) in [6.07, 6.45) is 0. The number of nitrogens with two attached hydrogens (primary N) is 1. The Bertz CT molecular complexity index is 461. The fraction of sp³-hybridized carbons (Fsp3) is 0.667. The molecule has 0 aromatic carbocycles. The molecule has 0 heterocycles. The standard InChI is InChI=1S/C12H22N4O6S/c1-5(14-10(19)7(13)3-17)9(18)16-8(4-23)11(20)15-6(2)12(21)22/h5-8,17,23H,3-4,13H2,1-2H3,(H,14,19)(H,15,20)(H,16,18)(H,21,22). The predicted molar refractivity (Wildman–Crippen MR) is 83.7 cm³/mol. The molecule has 11 heteroatoms. The molecular weight excluding hydrogens is 328 g/mol. The van der Waals surface area contributed by atoms with Crippen molar-refractivity contribution in [2.24, 2.45) is 5.73 Å². The smallest absolute Gasteiger partial charge is 0.325 e. The molecule has 0 aromatic rings. The van der Waals surface area contributed by atoms with Crippen LogP contribution in [0.4, 0.5) is 0 Å². The Labute approximate surface area is 138 Å². The van der Waals surface area contributed by atoms with Crippen LogP contribution in [0.3, 0.4) is 0 Å². The van der Waals surface area contributed by atoms with Gasteiger partial charge < -0.3 is 31.9 Å². The molecule has 0 rings (SSSR count). The maximum atomic E-state index is 11.9. The maximum Gasteiger partial charge on any atom is 0.325 e. The van der Waals surface area contributed by atoms with E-state index in [2.05, 4.69) is 28.6 Å². The van der Waals surface area contributed by atoms with Gasteiger partial charge in [0.1, 0.15) is 24.2 Å². The zero-order valence-corrected chi connectivity index (χ0v) is 13.7. The van der Waals surface area contributed by atoms with E-state index in [1.54, 1.807) is 0 Å². The second kappa shape index (κ2) is 10.0. The molecule has 0 spiro atoms. The van der Waals surface area contributed by atoms with Crippen LogP contribution in [0.1, 0.15) is 13.8 Å². The molecule has 0 saturated heterocycles. The Morgan fingerprint density at radius 1 is 1.00 bits per heavy atom. The number of amides is 3. The van der Waals surface area contributed by atoms with Crippen molar-refractivity contribution in [1.29, 1.82) is 0 Å². The van der Waals surface area contributed by atoms with Crippen molar-refractivity contribution in [2.75, 3.05) is 12.4 Å². The Morgan fingerprint density at radius 3 is 1.96 bits per heavy atom. The number of carbonyl (C=O) groups is 4. The summed E-state index contributed by atoms with van der Waals surface area (Å²) in [5.74, 6) is -3.40. The molecule has 4 unspecified atom stereocenters. The van der Waals surface area contributed by atoms with E-state index in [0.29, 0.717) is 0 Å². The maximum absolute atomic E-state index is 11.9. The van der Waals surface area contributed by atoms with Crippen LogP contribution in [0.15, 0.2) is 0 Å². The number of aliphatic carboxylic acids is 1. The lowest BCUT2D eigenvalue weighted by Crippen LogP contribution is -2.56. The summed E-state index contributed by atoms with van der Waals surface area (Å²) in [6.45, 7) is 2.07. The van der Waals surface area contributed by atoms with Gasteiger partial charge in [0.25, 0.3) is 0 Å². The van der Waals surface area contributed by atoms with Gasteiger partial charge in [-0.1, -0.05) is 0 Å². The number of aliphatic hydroxyl groups is 1. The number of hydrogen-bond donors (Lipinski definition) is 7. The highest BCUT2D eigenvalue weighted by Crippen LogP contribution is 1.94. The molecule has 7 N–H and O–H groups in total. The second-order valence-corrected chi connectivity index (χ2v) is 5.20. The van der Waals surface area contributed by atoms with Crippen molar-refractivity contribution in [2.45, 2.75) is 38.0 Å². The molecule has 4 atom stereocenters. The van der Waals surface area contributed by atoms with E-state index in [1.807, 2.05) is 0 Å². The molecule has 10 nitrogen and oxygen atoms in total. The van der Waals surface area contributed by atoms with Gasteiger partial charge in [-0.15, -0.1) is 0 Å². The number of thiol groups is 1. The van der Waals surface area contributed by atoms with Gasteiger partial charge in [0, 0.05) is 5.75 Å². The van der Waals surface area contributed by atoms with Crippen molar-refractivity contribution in [3.63, 3.8) is 0 Å². The van der Waals surface area contributed by atoms with E-state index >= 15 is 0 Å². The molecule has 0 aliphatic rings. The highest BCUT2D eigenvalue weighted by molar-refractivity contribution is 7.80. The minimum atomic E-state index is -1.22. The Kier molecular flexibility index (Phi) is 9.22. The predicted octanol–water partition coefficient (Wildman–Crippen LogP) is -3.19. The van der Waals surface area contributed by atoms with Crippen LogP contribution in [0, 0.1) is 0 Å². The zero-order valence-electron chi connectivity index (χ0n) is 12.8. The number of carbonyl (C=O) groups excluding carboxylic acids is 3. The third kappa shape index (κ3) is 7.30. The van der Waals surface area contributed by atoms with Gasteiger partial charge in [-0.3, -0.25) is 19.2 Å². The molecule has 0 aromatic heterocycles. The van der Waals surface area contributed by atoms with Crippen LogP contribution in [0.5, 0.6) is 0 Å². The molecule has 23 heavy (non-hydrogen) atoms. The van der Waals surface area contributed by atoms with E-state index in [9.17, 15) is 19.2 Å². The Hall–Kier alpha value is -1.85. The zero-order chi connectivity index (χ0) is 18.2. The second-order valence-electron chi connectivity index (χ2n) is 4.83. The molecule has 0 bridgehead atoms. The largest absolute Gasteiger partial charge is 0.480 e. The van der Waals surface area contributed by atoms with Gasteiger partial charge in [-0.25, -0.2) is 0 Å². The first-order valence-corrected chi connectivity index (χ1v) is 7.38. The van der Waals surface area contributed by atoms with Crippen LogP contribution >= 0.6 is 12.6 Å². The number of carboxylic acid groups (broad SMARTS) is 1. The van der Waals surface area contributed by atoms with Gasteiger partial charge in [0.15, 0.2) is 0 Å². The fourth-order valence-electron chi connectivity index (χ4n) is 1.34. The first kappa shape index (κ1) is 21.1. The summed E-state index contributed by atoms with van der Waals surface area (Å²) in [6, 6.07) is -4.36. The average molecular weight is 350 g/mol. The van der Waals surface area contributed by atoms with E-state index in [0.717, 1.165) is 0 Å². The first-order chi connectivity index (χ1) is 10.6. The van der Waals surface area contributed by atoms with E-state index in [-0.39, 0.29) is 5.75 Å². The van der Waals surface area contributed by atoms with Crippen LogP contribution < -0.4 is 21.7 Å². The molecule has 132 valence electrons. The SMILES string of the molecule is CC(NC(=O)C(CS)NC(=O)C(C)NC(=O)C(N)CO)C(=O)O. The van der Waals surface area contributed by atoms with E-state index < -0.39 is 54.5 Å². The van der Waals surface area contributed by atoms with E-state index in [4.69, 9.17) is 15.9 Å². The molecule has 3 amide bonds. The topological polar surface area (TPSA) is 171 Å². The Balaban J connectivity index is 4.61. The highest BCUT2D eigenvalue weighted by atomic mass is 32.1. The summed E-state index contributed by atoms with van der Waals surface area (Å²) < 4.78 is 0. The molecule has 0 aliphatic heterocycles. The number of carboxylic acids is 1. The van der Waals surface area contributed by atoms with Gasteiger partial charge in [0.05, 0.1) is 6.61 Å². The lowest BCUT2D eigenvalue weighted by atomic mass is 10.2. The van der Waals surface area contributed by atoms with Gasteiger partial charge in [0.2, 0.25) is 17.7 Å². The summed E-state index contributed by atoms with van der Waals surface area (Å²) in [5, 5.41) is 24.3. The summed E-state index contributed by atoms with van der Waals surface area (Å²) in [5.41, 5.74) is 5.30. The third-order valence-electron chi connectivity index (χ3n) is 2.83. The third-order valence-corrected chi connectivity index (χ3v) is 3.20. The van der Waals surface area contributed by atoms with Crippen molar-refractivity contribution in [1.82, 2.24) is 16.0 Å². The number of aliphatic hydroxyl groups excluding tert-OH is 1. The number of rotatable bonds is 9. The number of hydrogen-bond acceptors (Lipinski definition) is 7. The van der Waals surface area contributed by atoms with Crippen LogP contribution in [-0.4, -0.2) is 70.4 Å². The number of nitrogens with one attached hydrogen (secondary N) is 3. The monoisotopic (exact) mass is 350 g/mol. The molecule has 0 aliphatic carbocycles. The molecule has 0 saturated carbocycles. The lowest BCUT2D eigenvalue weighted by Gasteiger charge is -2.21. The highest BCUT2D eigenvalue weighted by Gasteiger charge is 2.26. The fourth-order valence-corrected chi connectivity index (χ4v) is 1.59. The lowest BCUT2D eigenvalue weighted by molar-refractivity contribution is -0.141. The van der Waals surface area contributed by atoms with E-state index in [1.165, 1.54) is 13.8 Å². The Morgan fingerprint density at radius 2 is 1.52 bits per heavy atom. The van der Waals surface area contributed by atoms with Crippen LogP contribution in [-0.2, 0) is 19.2 Å². The van der Waals surface area contributed by atoms with Gasteiger partial charge in [-0.05, 0) is 13.8 Å². The van der Waals surface area contributed by atoms with Crippen molar-refractivity contribution < 1.29 is 29.4 Å². The normalized spacial score (nSPS) is 15.7. The summed E-state index contributed by atoms with van der Waals surface area (Å²) in [4.78, 5) is 45.9. The van der Waals surface area contributed by atoms with Crippen molar-refractivity contribution in [3.8, 4) is 0 Å². The van der Waals surface area contributed by atoms with Crippen LogP contribution in [0.25, 0.3) is 0 Å². The molecule has 0 fully saturated rings. The summed E-state index contributed by atoms with van der Waals surface area (Å²) >= 11 is 3.93. The summed E-state index contributed by atoms with van der Waals surface area (Å²) in [7, 11) is 0. The van der Waals surface area contributed by atoms with Crippen molar-refractivity contribution in [3.05, 3.63) is 0 Å². The molecular formula is C12H22N4O6S. The minimum Gasteiger partial charge on any atom is -0.480 e.